The van der Waals surface area contributed by atoms with Crippen LogP contribution in [0.1, 0.15) is 41.6 Å². The minimum atomic E-state index is -0.909. The highest BCUT2D eigenvalue weighted by atomic mass is 79.9. The molecular formula is C15H18BrNO3. The Morgan fingerprint density at radius 2 is 2.05 bits per heavy atom. The number of carboxylic acids is 1. The van der Waals surface area contributed by atoms with E-state index in [4.69, 9.17) is 0 Å². The Balaban J connectivity index is 2.33. The van der Waals surface area contributed by atoms with Gasteiger partial charge in [0.25, 0.3) is 5.91 Å². The molecule has 1 aliphatic rings. The van der Waals surface area contributed by atoms with E-state index in [-0.39, 0.29) is 5.91 Å². The van der Waals surface area contributed by atoms with Crippen molar-refractivity contribution in [3.63, 3.8) is 0 Å². The number of aliphatic carboxylic acids is 1. The van der Waals surface area contributed by atoms with Gasteiger partial charge in [-0.25, -0.2) is 4.79 Å². The first-order chi connectivity index (χ1) is 9.50. The Kier molecular flexibility index (Phi) is 4.81. The molecule has 1 amide bonds. The number of carboxylic acid groups (broad SMARTS) is 1. The van der Waals surface area contributed by atoms with Gasteiger partial charge in [-0.05, 0) is 37.5 Å². The van der Waals surface area contributed by atoms with Gasteiger partial charge in [0.2, 0.25) is 0 Å². The third-order valence-corrected chi connectivity index (χ3v) is 4.22. The van der Waals surface area contributed by atoms with Crippen LogP contribution in [0.5, 0.6) is 0 Å². The van der Waals surface area contributed by atoms with Crippen LogP contribution in [-0.4, -0.2) is 34.5 Å². The van der Waals surface area contributed by atoms with E-state index >= 15 is 0 Å². The molecule has 20 heavy (non-hydrogen) atoms. The van der Waals surface area contributed by atoms with Crippen LogP contribution in [0.4, 0.5) is 0 Å². The van der Waals surface area contributed by atoms with Crippen LogP contribution in [0, 0.1) is 6.92 Å². The molecule has 1 unspecified atom stereocenters. The molecule has 0 spiro atoms. The van der Waals surface area contributed by atoms with Gasteiger partial charge in [0.1, 0.15) is 6.04 Å². The topological polar surface area (TPSA) is 57.6 Å². The number of aryl methyl sites for hydroxylation is 1. The molecule has 0 saturated carbocycles. The maximum absolute atomic E-state index is 12.7. The Morgan fingerprint density at radius 1 is 1.30 bits per heavy atom. The predicted octanol–water partition coefficient (Wildman–Crippen LogP) is 3.23. The maximum atomic E-state index is 12.7. The summed E-state index contributed by atoms with van der Waals surface area (Å²) in [6, 6.07) is 4.80. The minimum Gasteiger partial charge on any atom is -0.480 e. The van der Waals surface area contributed by atoms with Gasteiger partial charge in [-0.2, -0.15) is 0 Å². The molecule has 1 aromatic carbocycles. The van der Waals surface area contributed by atoms with E-state index in [9.17, 15) is 14.7 Å². The number of carbonyl (C=O) groups excluding carboxylic acids is 1. The number of amides is 1. The SMILES string of the molecule is Cc1ccc(Br)cc1C(=O)N1CCCCCC1C(=O)O. The summed E-state index contributed by atoms with van der Waals surface area (Å²) in [6.45, 7) is 2.38. The van der Waals surface area contributed by atoms with Crippen LogP contribution in [0.25, 0.3) is 0 Å². The summed E-state index contributed by atoms with van der Waals surface area (Å²) in [5.41, 5.74) is 1.44. The minimum absolute atomic E-state index is 0.182. The number of nitrogens with zero attached hydrogens (tertiary/aromatic N) is 1. The molecule has 1 fully saturated rings. The van der Waals surface area contributed by atoms with Gasteiger partial charge >= 0.3 is 5.97 Å². The lowest BCUT2D eigenvalue weighted by atomic mass is 10.1. The van der Waals surface area contributed by atoms with E-state index < -0.39 is 12.0 Å². The summed E-state index contributed by atoms with van der Waals surface area (Å²) >= 11 is 3.36. The molecule has 1 saturated heterocycles. The number of carbonyl (C=O) groups is 2. The average molecular weight is 340 g/mol. The van der Waals surface area contributed by atoms with Crippen LogP contribution < -0.4 is 0 Å². The normalized spacial score (nSPS) is 19.5. The average Bonchev–Trinajstić information content (AvgIpc) is 2.66. The quantitative estimate of drug-likeness (QED) is 0.899. The second-order valence-electron chi connectivity index (χ2n) is 5.16. The molecule has 2 rings (SSSR count). The van der Waals surface area contributed by atoms with E-state index in [0.29, 0.717) is 18.5 Å². The highest BCUT2D eigenvalue weighted by molar-refractivity contribution is 9.10. The lowest BCUT2D eigenvalue weighted by Crippen LogP contribution is -2.44. The van der Waals surface area contributed by atoms with Crippen molar-refractivity contribution in [1.29, 1.82) is 0 Å². The summed E-state index contributed by atoms with van der Waals surface area (Å²) in [4.78, 5) is 25.6. The Morgan fingerprint density at radius 3 is 2.75 bits per heavy atom. The molecule has 108 valence electrons. The molecule has 1 heterocycles. The predicted molar refractivity (Wildman–Crippen MR) is 79.8 cm³/mol. The van der Waals surface area contributed by atoms with Crippen LogP contribution in [0.3, 0.4) is 0 Å². The lowest BCUT2D eigenvalue weighted by molar-refractivity contribution is -0.142. The molecule has 0 aliphatic carbocycles. The van der Waals surface area contributed by atoms with Crippen LogP contribution >= 0.6 is 15.9 Å². The summed E-state index contributed by atoms with van der Waals surface area (Å²) in [5, 5.41) is 9.35. The summed E-state index contributed by atoms with van der Waals surface area (Å²) in [7, 11) is 0. The van der Waals surface area contributed by atoms with Crippen LogP contribution in [-0.2, 0) is 4.79 Å². The fourth-order valence-corrected chi connectivity index (χ4v) is 2.95. The summed E-state index contributed by atoms with van der Waals surface area (Å²) in [6.07, 6.45) is 3.24. The maximum Gasteiger partial charge on any atom is 0.326 e. The highest BCUT2D eigenvalue weighted by Gasteiger charge is 2.31. The van der Waals surface area contributed by atoms with Gasteiger partial charge < -0.3 is 10.0 Å². The number of hydrogen-bond donors (Lipinski definition) is 1. The molecule has 0 bridgehead atoms. The lowest BCUT2D eigenvalue weighted by Gasteiger charge is -2.27. The van der Waals surface area contributed by atoms with Crippen molar-refractivity contribution in [2.24, 2.45) is 0 Å². The van der Waals surface area contributed by atoms with Crippen molar-refractivity contribution in [1.82, 2.24) is 4.90 Å². The van der Waals surface area contributed by atoms with Gasteiger partial charge in [0.05, 0.1) is 0 Å². The Hall–Kier alpha value is -1.36. The smallest absolute Gasteiger partial charge is 0.326 e. The number of benzene rings is 1. The second-order valence-corrected chi connectivity index (χ2v) is 6.08. The molecule has 4 nitrogen and oxygen atoms in total. The molecular weight excluding hydrogens is 322 g/mol. The first-order valence-corrected chi connectivity index (χ1v) is 7.60. The zero-order valence-electron chi connectivity index (χ0n) is 11.4. The molecule has 1 aromatic rings. The summed E-state index contributed by atoms with van der Waals surface area (Å²) < 4.78 is 0.827. The fourth-order valence-electron chi connectivity index (χ4n) is 2.59. The van der Waals surface area contributed by atoms with Gasteiger partial charge in [-0.3, -0.25) is 4.79 Å². The molecule has 0 radical (unpaired) electrons. The summed E-state index contributed by atoms with van der Waals surface area (Å²) in [5.74, 6) is -1.09. The van der Waals surface area contributed by atoms with Crippen molar-refractivity contribution in [2.75, 3.05) is 6.54 Å². The zero-order chi connectivity index (χ0) is 14.7. The van der Waals surface area contributed by atoms with Gasteiger partial charge in [-0.15, -0.1) is 0 Å². The fraction of sp³-hybridized carbons (Fsp3) is 0.467. The largest absolute Gasteiger partial charge is 0.480 e. The molecule has 1 aliphatic heterocycles. The van der Waals surface area contributed by atoms with Crippen molar-refractivity contribution in [3.8, 4) is 0 Å². The number of hydrogen-bond acceptors (Lipinski definition) is 2. The Bertz CT molecular complexity index is 530. The number of halogens is 1. The first-order valence-electron chi connectivity index (χ1n) is 6.80. The Labute approximate surface area is 126 Å². The van der Waals surface area contributed by atoms with Gasteiger partial charge in [-0.1, -0.05) is 34.8 Å². The number of likely N-dealkylation sites (tertiary alicyclic amines) is 1. The monoisotopic (exact) mass is 339 g/mol. The van der Waals surface area contributed by atoms with Crippen molar-refractivity contribution in [3.05, 3.63) is 33.8 Å². The first kappa shape index (κ1) is 15.0. The van der Waals surface area contributed by atoms with E-state index in [0.717, 1.165) is 29.3 Å². The van der Waals surface area contributed by atoms with Crippen LogP contribution in [0.2, 0.25) is 0 Å². The van der Waals surface area contributed by atoms with Gasteiger partial charge in [0, 0.05) is 16.6 Å². The van der Waals surface area contributed by atoms with E-state index in [1.54, 1.807) is 6.07 Å². The van der Waals surface area contributed by atoms with E-state index in [1.807, 2.05) is 19.1 Å². The number of rotatable bonds is 2. The molecule has 1 atom stereocenters. The van der Waals surface area contributed by atoms with Crippen LogP contribution in [0.15, 0.2) is 22.7 Å². The van der Waals surface area contributed by atoms with Gasteiger partial charge in [0.15, 0.2) is 0 Å². The zero-order valence-corrected chi connectivity index (χ0v) is 13.0. The molecule has 0 aromatic heterocycles. The molecule has 5 heteroatoms. The third-order valence-electron chi connectivity index (χ3n) is 3.73. The molecule has 1 N–H and O–H groups in total. The van der Waals surface area contributed by atoms with E-state index in [1.165, 1.54) is 4.90 Å². The second kappa shape index (κ2) is 6.39. The van der Waals surface area contributed by atoms with Crippen molar-refractivity contribution in [2.45, 2.75) is 38.6 Å². The van der Waals surface area contributed by atoms with Crippen molar-refractivity contribution < 1.29 is 14.7 Å². The third kappa shape index (κ3) is 3.20. The standard InChI is InChI=1S/C15H18BrNO3/c1-10-6-7-11(16)9-12(10)14(18)17-8-4-2-3-5-13(17)15(19)20/h6-7,9,13H,2-5,8H2,1H3,(H,19,20). The highest BCUT2D eigenvalue weighted by Crippen LogP contribution is 2.23. The van der Waals surface area contributed by atoms with Crippen molar-refractivity contribution >= 4 is 27.8 Å². The van der Waals surface area contributed by atoms with E-state index in [2.05, 4.69) is 15.9 Å².